The second kappa shape index (κ2) is 5.05. The molecule has 2 aromatic heterocycles. The smallest absolute Gasteiger partial charge is 0.230 e. The SMILES string of the molecule is O=C(Cc1ccsc1)Nc1ccc(Cl)nn1. The maximum atomic E-state index is 11.6. The predicted octanol–water partition coefficient (Wildman–Crippen LogP) is 2.37. The van der Waals surface area contributed by atoms with Crippen LogP contribution in [0.1, 0.15) is 5.56 Å². The van der Waals surface area contributed by atoms with Crippen LogP contribution in [0.4, 0.5) is 5.82 Å². The molecule has 0 radical (unpaired) electrons. The minimum atomic E-state index is -0.116. The second-order valence-corrected chi connectivity index (χ2v) is 4.27. The summed E-state index contributed by atoms with van der Waals surface area (Å²) >= 11 is 7.14. The lowest BCUT2D eigenvalue weighted by Crippen LogP contribution is -2.15. The molecule has 0 aliphatic heterocycles. The van der Waals surface area contributed by atoms with E-state index in [-0.39, 0.29) is 5.91 Å². The zero-order chi connectivity index (χ0) is 11.4. The second-order valence-electron chi connectivity index (χ2n) is 3.10. The van der Waals surface area contributed by atoms with E-state index in [4.69, 9.17) is 11.6 Å². The molecule has 82 valence electrons. The number of amides is 1. The van der Waals surface area contributed by atoms with Gasteiger partial charge in [0.25, 0.3) is 0 Å². The lowest BCUT2D eigenvalue weighted by Gasteiger charge is -2.01. The Hall–Kier alpha value is -1.46. The van der Waals surface area contributed by atoms with Crippen molar-refractivity contribution in [3.8, 4) is 0 Å². The maximum Gasteiger partial charge on any atom is 0.230 e. The summed E-state index contributed by atoms with van der Waals surface area (Å²) in [4.78, 5) is 11.6. The largest absolute Gasteiger partial charge is 0.309 e. The molecule has 0 atom stereocenters. The first kappa shape index (κ1) is 11.0. The van der Waals surface area contributed by atoms with Crippen molar-refractivity contribution in [1.82, 2.24) is 10.2 Å². The van der Waals surface area contributed by atoms with Crippen molar-refractivity contribution in [2.45, 2.75) is 6.42 Å². The first-order valence-electron chi connectivity index (χ1n) is 4.54. The molecule has 0 saturated carbocycles. The van der Waals surface area contributed by atoms with Crippen molar-refractivity contribution in [2.24, 2.45) is 0 Å². The molecule has 1 N–H and O–H groups in total. The molecule has 2 heterocycles. The van der Waals surface area contributed by atoms with E-state index in [1.165, 1.54) is 0 Å². The van der Waals surface area contributed by atoms with Gasteiger partial charge in [0.1, 0.15) is 0 Å². The number of aromatic nitrogens is 2. The van der Waals surface area contributed by atoms with Crippen LogP contribution in [0.25, 0.3) is 0 Å². The third kappa shape index (κ3) is 3.01. The number of rotatable bonds is 3. The number of carbonyl (C=O) groups excluding carboxylic acids is 1. The average Bonchev–Trinajstić information content (AvgIpc) is 2.74. The Morgan fingerprint density at radius 1 is 1.38 bits per heavy atom. The molecule has 2 rings (SSSR count). The van der Waals surface area contributed by atoms with Gasteiger partial charge in [0, 0.05) is 0 Å². The average molecular weight is 254 g/mol. The summed E-state index contributed by atoms with van der Waals surface area (Å²) in [5.41, 5.74) is 0.990. The van der Waals surface area contributed by atoms with Gasteiger partial charge >= 0.3 is 0 Å². The van der Waals surface area contributed by atoms with E-state index >= 15 is 0 Å². The minimum absolute atomic E-state index is 0.116. The molecule has 6 heteroatoms. The highest BCUT2D eigenvalue weighted by Crippen LogP contribution is 2.09. The molecule has 16 heavy (non-hydrogen) atoms. The van der Waals surface area contributed by atoms with Crippen molar-refractivity contribution in [1.29, 1.82) is 0 Å². The zero-order valence-corrected chi connectivity index (χ0v) is 9.76. The topological polar surface area (TPSA) is 54.9 Å². The molecule has 0 aliphatic rings. The first-order valence-corrected chi connectivity index (χ1v) is 5.86. The van der Waals surface area contributed by atoms with Crippen LogP contribution in [0.15, 0.2) is 29.0 Å². The van der Waals surface area contributed by atoms with Crippen LogP contribution in [-0.4, -0.2) is 16.1 Å². The molecular formula is C10H8ClN3OS. The Morgan fingerprint density at radius 3 is 2.88 bits per heavy atom. The zero-order valence-electron chi connectivity index (χ0n) is 8.18. The van der Waals surface area contributed by atoms with Gasteiger partial charge in [-0.15, -0.1) is 10.2 Å². The van der Waals surface area contributed by atoms with Gasteiger partial charge in [-0.25, -0.2) is 0 Å². The number of hydrogen-bond acceptors (Lipinski definition) is 4. The Bertz CT molecular complexity index is 469. The van der Waals surface area contributed by atoms with Gasteiger partial charge in [0.2, 0.25) is 5.91 Å². The van der Waals surface area contributed by atoms with Crippen LogP contribution in [0.2, 0.25) is 5.15 Å². The predicted molar refractivity (Wildman–Crippen MR) is 63.7 cm³/mol. The minimum Gasteiger partial charge on any atom is -0.309 e. The number of hydrogen-bond donors (Lipinski definition) is 1. The van der Waals surface area contributed by atoms with E-state index in [1.54, 1.807) is 23.5 Å². The van der Waals surface area contributed by atoms with Crippen LogP contribution in [0, 0.1) is 0 Å². The maximum absolute atomic E-state index is 11.6. The Balaban J connectivity index is 1.95. The number of nitrogens with zero attached hydrogens (tertiary/aromatic N) is 2. The van der Waals surface area contributed by atoms with E-state index in [2.05, 4.69) is 15.5 Å². The van der Waals surface area contributed by atoms with Crippen molar-refractivity contribution in [2.75, 3.05) is 5.32 Å². The molecule has 0 saturated heterocycles. The van der Waals surface area contributed by atoms with Crippen molar-refractivity contribution < 1.29 is 4.79 Å². The van der Waals surface area contributed by atoms with Crippen molar-refractivity contribution >= 4 is 34.7 Å². The standard InChI is InChI=1S/C10H8ClN3OS/c11-8-1-2-9(14-13-8)12-10(15)5-7-3-4-16-6-7/h1-4,6H,5H2,(H,12,14,15). The molecule has 1 amide bonds. The monoisotopic (exact) mass is 253 g/mol. The van der Waals surface area contributed by atoms with E-state index in [0.29, 0.717) is 17.4 Å². The first-order chi connectivity index (χ1) is 7.74. The van der Waals surface area contributed by atoms with Crippen molar-refractivity contribution in [3.05, 3.63) is 39.7 Å². The Morgan fingerprint density at radius 2 is 2.25 bits per heavy atom. The van der Waals surface area contributed by atoms with E-state index in [0.717, 1.165) is 5.56 Å². The lowest BCUT2D eigenvalue weighted by molar-refractivity contribution is -0.115. The summed E-state index contributed by atoms with van der Waals surface area (Å²) in [6, 6.07) is 5.10. The Kier molecular flexibility index (Phi) is 3.48. The van der Waals surface area contributed by atoms with Crippen LogP contribution in [0.5, 0.6) is 0 Å². The molecule has 2 aromatic rings. The Labute approximate surface area is 101 Å². The van der Waals surface area contributed by atoms with Crippen LogP contribution in [-0.2, 0) is 11.2 Å². The molecule has 0 fully saturated rings. The van der Waals surface area contributed by atoms with Gasteiger partial charge in [0.05, 0.1) is 6.42 Å². The fourth-order valence-corrected chi connectivity index (χ4v) is 1.92. The molecule has 0 spiro atoms. The number of carbonyl (C=O) groups is 1. The number of thiophene rings is 1. The lowest BCUT2D eigenvalue weighted by atomic mass is 10.2. The van der Waals surface area contributed by atoms with Gasteiger partial charge < -0.3 is 5.32 Å². The summed E-state index contributed by atoms with van der Waals surface area (Å²) in [5, 5.41) is 14.2. The summed E-state index contributed by atoms with van der Waals surface area (Å²) in [7, 11) is 0. The molecule has 0 bridgehead atoms. The van der Waals surface area contributed by atoms with Crippen LogP contribution >= 0.6 is 22.9 Å². The fraction of sp³-hybridized carbons (Fsp3) is 0.100. The third-order valence-electron chi connectivity index (χ3n) is 1.84. The van der Waals surface area contributed by atoms with Gasteiger partial charge in [-0.1, -0.05) is 11.6 Å². The van der Waals surface area contributed by atoms with E-state index in [9.17, 15) is 4.79 Å². The fourth-order valence-electron chi connectivity index (χ4n) is 1.15. The van der Waals surface area contributed by atoms with Gasteiger partial charge in [-0.3, -0.25) is 4.79 Å². The summed E-state index contributed by atoms with van der Waals surface area (Å²) < 4.78 is 0. The van der Waals surface area contributed by atoms with E-state index in [1.807, 2.05) is 16.8 Å². The quantitative estimate of drug-likeness (QED) is 0.914. The molecule has 0 aromatic carbocycles. The number of nitrogens with one attached hydrogen (secondary N) is 1. The summed E-state index contributed by atoms with van der Waals surface area (Å²) in [6.45, 7) is 0. The van der Waals surface area contributed by atoms with Gasteiger partial charge in [-0.05, 0) is 34.5 Å². The van der Waals surface area contributed by atoms with Crippen molar-refractivity contribution in [3.63, 3.8) is 0 Å². The molecular weight excluding hydrogens is 246 g/mol. The van der Waals surface area contributed by atoms with Gasteiger partial charge in [0.15, 0.2) is 11.0 Å². The van der Waals surface area contributed by atoms with Crippen LogP contribution in [0.3, 0.4) is 0 Å². The number of anilines is 1. The normalized spacial score (nSPS) is 10.1. The molecule has 4 nitrogen and oxygen atoms in total. The summed E-state index contributed by atoms with van der Waals surface area (Å²) in [5.74, 6) is 0.291. The highest BCUT2D eigenvalue weighted by Gasteiger charge is 2.05. The number of halogens is 1. The molecule has 0 unspecified atom stereocenters. The summed E-state index contributed by atoms with van der Waals surface area (Å²) in [6.07, 6.45) is 0.341. The van der Waals surface area contributed by atoms with Gasteiger partial charge in [-0.2, -0.15) is 11.3 Å². The van der Waals surface area contributed by atoms with E-state index < -0.39 is 0 Å². The highest BCUT2D eigenvalue weighted by atomic mass is 35.5. The third-order valence-corrected chi connectivity index (χ3v) is 2.78. The van der Waals surface area contributed by atoms with Crippen LogP contribution < -0.4 is 5.32 Å². The molecule has 0 aliphatic carbocycles. The highest BCUT2D eigenvalue weighted by molar-refractivity contribution is 7.08.